The lowest BCUT2D eigenvalue weighted by molar-refractivity contribution is 0.0839. The van der Waals surface area contributed by atoms with Gasteiger partial charge in [-0.2, -0.15) is 0 Å². The number of nitrogens with zero attached hydrogens (tertiary/aromatic N) is 1. The number of hydrogen-bond donors (Lipinski definition) is 2. The quantitative estimate of drug-likeness (QED) is 0.673. The van der Waals surface area contributed by atoms with Gasteiger partial charge in [-0.3, -0.25) is 15.2 Å². The average Bonchev–Trinajstić information content (AvgIpc) is 2.90. The van der Waals surface area contributed by atoms with E-state index in [0.717, 1.165) is 5.56 Å². The van der Waals surface area contributed by atoms with Crippen molar-refractivity contribution in [2.75, 3.05) is 0 Å². The molecule has 0 aliphatic heterocycles. The lowest BCUT2D eigenvalue weighted by atomic mass is 10.1. The fourth-order valence-electron chi connectivity index (χ4n) is 2.01. The van der Waals surface area contributed by atoms with Crippen molar-refractivity contribution >= 4 is 23.2 Å². The number of amides is 1. The number of hydrazine groups is 1. The molecule has 1 aromatic carbocycles. The molecule has 0 spiro atoms. The van der Waals surface area contributed by atoms with E-state index in [1.54, 1.807) is 13.0 Å². The molecule has 0 aliphatic rings. The van der Waals surface area contributed by atoms with Crippen molar-refractivity contribution in [1.29, 1.82) is 0 Å². The highest BCUT2D eigenvalue weighted by Crippen LogP contribution is 2.18. The van der Waals surface area contributed by atoms with Crippen LogP contribution in [0.25, 0.3) is 0 Å². The van der Waals surface area contributed by atoms with Crippen LogP contribution in [0.2, 0.25) is 0 Å². The molecule has 5 nitrogen and oxygen atoms in total. The summed E-state index contributed by atoms with van der Waals surface area (Å²) in [6, 6.07) is 11.1. The van der Waals surface area contributed by atoms with E-state index in [-0.39, 0.29) is 17.1 Å². The van der Waals surface area contributed by atoms with Crippen LogP contribution in [0.3, 0.4) is 0 Å². The van der Waals surface area contributed by atoms with Crippen molar-refractivity contribution in [2.45, 2.75) is 19.9 Å². The van der Waals surface area contributed by atoms with Crippen molar-refractivity contribution < 1.29 is 9.21 Å². The number of rotatable bonds is 3. The monoisotopic (exact) mass is 303 g/mol. The van der Waals surface area contributed by atoms with Crippen molar-refractivity contribution in [3.63, 3.8) is 0 Å². The first kappa shape index (κ1) is 15.1. The zero-order chi connectivity index (χ0) is 15.4. The first-order valence-corrected chi connectivity index (χ1v) is 6.90. The first-order chi connectivity index (χ1) is 10.0. The van der Waals surface area contributed by atoms with Gasteiger partial charge < -0.3 is 10.2 Å². The molecule has 0 bridgehead atoms. The van der Waals surface area contributed by atoms with Crippen LogP contribution in [0.4, 0.5) is 0 Å². The topological polar surface area (TPSA) is 71.5 Å². The summed E-state index contributed by atoms with van der Waals surface area (Å²) in [4.78, 5) is 12.2. The van der Waals surface area contributed by atoms with Gasteiger partial charge in [0.05, 0.1) is 17.9 Å². The van der Waals surface area contributed by atoms with E-state index < -0.39 is 0 Å². The second-order valence-corrected chi connectivity index (χ2v) is 5.04. The fraction of sp³-hybridized carbons (Fsp3) is 0.200. The van der Waals surface area contributed by atoms with E-state index in [4.69, 9.17) is 22.4 Å². The Morgan fingerprint density at radius 3 is 2.52 bits per heavy atom. The SMILES string of the molecule is Cc1occc1C(=O)NN(C(N)=S)C(C)c1ccccc1. The Bertz CT molecular complexity index is 639. The Labute approximate surface area is 128 Å². The van der Waals surface area contributed by atoms with Gasteiger partial charge in [-0.1, -0.05) is 30.3 Å². The summed E-state index contributed by atoms with van der Waals surface area (Å²) in [6.45, 7) is 3.64. The number of furan rings is 1. The molecule has 1 atom stereocenters. The lowest BCUT2D eigenvalue weighted by Crippen LogP contribution is -2.49. The Morgan fingerprint density at radius 2 is 2.00 bits per heavy atom. The van der Waals surface area contributed by atoms with Crippen LogP contribution in [0.15, 0.2) is 47.1 Å². The fourth-order valence-corrected chi connectivity index (χ4v) is 2.22. The van der Waals surface area contributed by atoms with Gasteiger partial charge in [0.2, 0.25) is 0 Å². The minimum Gasteiger partial charge on any atom is -0.469 e. The molecule has 110 valence electrons. The maximum absolute atomic E-state index is 12.2. The van der Waals surface area contributed by atoms with Crippen LogP contribution in [0.1, 0.15) is 34.6 Å². The van der Waals surface area contributed by atoms with Crippen LogP contribution in [0, 0.1) is 6.92 Å². The van der Waals surface area contributed by atoms with Crippen molar-refractivity contribution in [3.05, 3.63) is 59.5 Å². The smallest absolute Gasteiger partial charge is 0.273 e. The molecule has 1 unspecified atom stereocenters. The normalized spacial score (nSPS) is 11.7. The summed E-state index contributed by atoms with van der Waals surface area (Å²) in [5.74, 6) is 0.236. The van der Waals surface area contributed by atoms with Crippen molar-refractivity contribution in [3.8, 4) is 0 Å². The van der Waals surface area contributed by atoms with Crippen LogP contribution < -0.4 is 11.2 Å². The Morgan fingerprint density at radius 1 is 1.33 bits per heavy atom. The van der Waals surface area contributed by atoms with Gasteiger partial charge in [0.1, 0.15) is 5.76 Å². The molecule has 0 saturated heterocycles. The summed E-state index contributed by atoms with van der Waals surface area (Å²) in [6.07, 6.45) is 1.47. The summed E-state index contributed by atoms with van der Waals surface area (Å²) >= 11 is 5.04. The standard InChI is InChI=1S/C15H17N3O2S/c1-10(12-6-4-3-5-7-12)18(15(16)21)17-14(19)13-8-9-20-11(13)2/h3-10H,1-2H3,(H2,16,21)(H,17,19). The minimum atomic E-state index is -0.308. The molecule has 1 amide bonds. The van der Waals surface area contributed by atoms with E-state index in [9.17, 15) is 4.79 Å². The van der Waals surface area contributed by atoms with E-state index in [0.29, 0.717) is 11.3 Å². The number of thiocarbonyl (C=S) groups is 1. The predicted molar refractivity (Wildman–Crippen MR) is 84.4 cm³/mol. The maximum Gasteiger partial charge on any atom is 0.273 e. The molecular weight excluding hydrogens is 286 g/mol. The molecular formula is C15H17N3O2S. The number of carbonyl (C=O) groups is 1. The number of nitrogens with two attached hydrogens (primary N) is 1. The van der Waals surface area contributed by atoms with Crippen molar-refractivity contribution in [2.24, 2.45) is 5.73 Å². The van der Waals surface area contributed by atoms with Crippen LogP contribution in [-0.4, -0.2) is 16.0 Å². The Balaban J connectivity index is 2.19. The molecule has 1 heterocycles. The highest BCUT2D eigenvalue weighted by molar-refractivity contribution is 7.80. The zero-order valence-electron chi connectivity index (χ0n) is 11.9. The molecule has 0 radical (unpaired) electrons. The van der Waals surface area contributed by atoms with Gasteiger partial charge in [0.25, 0.3) is 5.91 Å². The summed E-state index contributed by atoms with van der Waals surface area (Å²) in [5, 5.41) is 1.57. The van der Waals surface area contributed by atoms with Gasteiger partial charge in [-0.25, -0.2) is 0 Å². The minimum absolute atomic E-state index is 0.0980. The van der Waals surface area contributed by atoms with Gasteiger partial charge in [0.15, 0.2) is 5.11 Å². The highest BCUT2D eigenvalue weighted by Gasteiger charge is 2.21. The average molecular weight is 303 g/mol. The Hall–Kier alpha value is -2.34. The highest BCUT2D eigenvalue weighted by atomic mass is 32.1. The Kier molecular flexibility index (Phi) is 4.59. The van der Waals surface area contributed by atoms with Gasteiger partial charge in [-0.15, -0.1) is 0 Å². The second kappa shape index (κ2) is 6.41. The van der Waals surface area contributed by atoms with Gasteiger partial charge in [-0.05, 0) is 37.7 Å². The van der Waals surface area contributed by atoms with Gasteiger partial charge >= 0.3 is 0 Å². The van der Waals surface area contributed by atoms with E-state index in [2.05, 4.69) is 5.43 Å². The third kappa shape index (κ3) is 3.41. The molecule has 6 heteroatoms. The van der Waals surface area contributed by atoms with Crippen LogP contribution >= 0.6 is 12.2 Å². The van der Waals surface area contributed by atoms with E-state index >= 15 is 0 Å². The predicted octanol–water partition coefficient (Wildman–Crippen LogP) is 2.54. The molecule has 2 aromatic rings. The van der Waals surface area contributed by atoms with E-state index in [1.807, 2.05) is 37.3 Å². The summed E-state index contributed by atoms with van der Waals surface area (Å²) < 4.78 is 5.13. The zero-order valence-corrected chi connectivity index (χ0v) is 12.7. The molecule has 1 aromatic heterocycles. The third-order valence-electron chi connectivity index (χ3n) is 3.23. The molecule has 21 heavy (non-hydrogen) atoms. The maximum atomic E-state index is 12.2. The number of aryl methyl sites for hydroxylation is 1. The molecule has 2 rings (SSSR count). The lowest BCUT2D eigenvalue weighted by Gasteiger charge is -2.29. The number of nitrogens with one attached hydrogen (secondary N) is 1. The summed E-state index contributed by atoms with van der Waals surface area (Å²) in [7, 11) is 0. The summed E-state index contributed by atoms with van der Waals surface area (Å²) in [5.41, 5.74) is 9.91. The number of benzene rings is 1. The van der Waals surface area contributed by atoms with Gasteiger partial charge in [0, 0.05) is 0 Å². The second-order valence-electron chi connectivity index (χ2n) is 4.63. The van der Waals surface area contributed by atoms with Crippen LogP contribution in [0.5, 0.6) is 0 Å². The molecule has 3 N–H and O–H groups in total. The van der Waals surface area contributed by atoms with Crippen molar-refractivity contribution in [1.82, 2.24) is 10.4 Å². The molecule has 0 fully saturated rings. The van der Waals surface area contributed by atoms with Crippen LogP contribution in [-0.2, 0) is 0 Å². The number of hydrogen-bond acceptors (Lipinski definition) is 3. The third-order valence-corrected chi connectivity index (χ3v) is 3.43. The first-order valence-electron chi connectivity index (χ1n) is 6.49. The number of carbonyl (C=O) groups excluding carboxylic acids is 1. The molecule has 0 saturated carbocycles. The van der Waals surface area contributed by atoms with E-state index in [1.165, 1.54) is 11.3 Å². The molecule has 0 aliphatic carbocycles. The largest absolute Gasteiger partial charge is 0.469 e.